The highest BCUT2D eigenvalue weighted by Crippen LogP contribution is 2.43. The van der Waals surface area contributed by atoms with Crippen LogP contribution in [0.25, 0.3) is 0 Å². The number of nitrogens with one attached hydrogen (secondary N) is 1. The smallest absolute Gasteiger partial charge is 0.00696 e. The Morgan fingerprint density at radius 2 is 1.78 bits per heavy atom. The van der Waals surface area contributed by atoms with Crippen LogP contribution >= 0.6 is 0 Å². The highest BCUT2D eigenvalue weighted by atomic mass is 14.9. The van der Waals surface area contributed by atoms with Crippen molar-refractivity contribution in [3.8, 4) is 0 Å². The first-order valence-corrected chi connectivity index (χ1v) is 8.25. The van der Waals surface area contributed by atoms with Gasteiger partial charge in [0.25, 0.3) is 0 Å². The highest BCUT2D eigenvalue weighted by Gasteiger charge is 2.36. The van der Waals surface area contributed by atoms with Gasteiger partial charge in [-0.25, -0.2) is 0 Å². The molecule has 108 valence electrons. The third kappa shape index (κ3) is 4.26. The van der Waals surface area contributed by atoms with Gasteiger partial charge in [0.15, 0.2) is 0 Å². The van der Waals surface area contributed by atoms with Crippen LogP contribution in [-0.4, -0.2) is 12.1 Å². The maximum absolute atomic E-state index is 3.78. The van der Waals surface area contributed by atoms with Crippen molar-refractivity contribution in [2.45, 2.75) is 85.7 Å². The third-order valence-corrected chi connectivity index (χ3v) is 5.32. The van der Waals surface area contributed by atoms with E-state index in [0.29, 0.717) is 12.1 Å². The molecule has 1 saturated carbocycles. The van der Waals surface area contributed by atoms with Crippen molar-refractivity contribution in [3.63, 3.8) is 0 Å². The molecule has 0 radical (unpaired) electrons. The second kappa shape index (κ2) is 7.53. The van der Waals surface area contributed by atoms with Crippen LogP contribution in [0.1, 0.15) is 73.6 Å². The predicted octanol–water partition coefficient (Wildman–Crippen LogP) is 4.86. The van der Waals surface area contributed by atoms with Crippen LogP contribution in [0.5, 0.6) is 0 Å². The maximum atomic E-state index is 3.78. The lowest BCUT2D eigenvalue weighted by atomic mass is 9.83. The van der Waals surface area contributed by atoms with E-state index in [1.54, 1.807) is 0 Å². The molecule has 0 aliphatic heterocycles. The van der Waals surface area contributed by atoms with E-state index in [1.165, 1.54) is 32.1 Å². The van der Waals surface area contributed by atoms with Crippen LogP contribution in [0.3, 0.4) is 0 Å². The van der Waals surface area contributed by atoms with E-state index < -0.39 is 0 Å². The second-order valence-corrected chi connectivity index (χ2v) is 6.90. The first-order chi connectivity index (χ1) is 8.49. The molecule has 0 aromatic rings. The molecule has 0 aromatic carbocycles. The molecule has 6 atom stereocenters. The molecule has 0 spiro atoms. The summed E-state index contributed by atoms with van der Waals surface area (Å²) in [5.74, 6) is 3.72. The van der Waals surface area contributed by atoms with Crippen LogP contribution in [0.15, 0.2) is 0 Å². The van der Waals surface area contributed by atoms with E-state index in [0.717, 1.165) is 23.7 Å². The minimum atomic E-state index is 0.669. The summed E-state index contributed by atoms with van der Waals surface area (Å²) >= 11 is 0. The van der Waals surface area contributed by atoms with Gasteiger partial charge < -0.3 is 5.32 Å². The molecule has 0 bridgehead atoms. The number of hydrogen-bond acceptors (Lipinski definition) is 1. The normalized spacial score (nSPS) is 33.3. The van der Waals surface area contributed by atoms with Gasteiger partial charge in [-0.15, -0.1) is 0 Å². The summed E-state index contributed by atoms with van der Waals surface area (Å²) in [5.41, 5.74) is 0. The zero-order valence-corrected chi connectivity index (χ0v) is 13.5. The molecule has 1 rings (SSSR count). The Hall–Kier alpha value is -0.0400. The molecule has 6 unspecified atom stereocenters. The Bertz CT molecular complexity index is 226. The van der Waals surface area contributed by atoms with Gasteiger partial charge in [0.05, 0.1) is 0 Å². The van der Waals surface area contributed by atoms with E-state index in [4.69, 9.17) is 0 Å². The van der Waals surface area contributed by atoms with Crippen molar-refractivity contribution >= 4 is 0 Å². The molecule has 0 heterocycles. The number of hydrogen-bond donors (Lipinski definition) is 1. The van der Waals surface area contributed by atoms with Gasteiger partial charge in [0, 0.05) is 12.1 Å². The van der Waals surface area contributed by atoms with Gasteiger partial charge in [0.2, 0.25) is 0 Å². The SMILES string of the molecule is CCCC(C)C1CC(C(C)NC(C)CC)CC1C. The van der Waals surface area contributed by atoms with Crippen LogP contribution in [0, 0.1) is 23.7 Å². The lowest BCUT2D eigenvalue weighted by Gasteiger charge is -2.25. The first-order valence-electron chi connectivity index (χ1n) is 8.25. The predicted molar refractivity (Wildman–Crippen MR) is 81.8 cm³/mol. The van der Waals surface area contributed by atoms with Crippen molar-refractivity contribution < 1.29 is 0 Å². The molecule has 0 amide bonds. The summed E-state index contributed by atoms with van der Waals surface area (Å²) < 4.78 is 0. The minimum absolute atomic E-state index is 0.669. The molecule has 1 heteroatoms. The van der Waals surface area contributed by atoms with Crippen LogP contribution in [-0.2, 0) is 0 Å². The molecule has 18 heavy (non-hydrogen) atoms. The summed E-state index contributed by atoms with van der Waals surface area (Å²) in [6.45, 7) is 14.3. The van der Waals surface area contributed by atoms with Gasteiger partial charge in [0.1, 0.15) is 0 Å². The fraction of sp³-hybridized carbons (Fsp3) is 1.00. The molecule has 1 aliphatic carbocycles. The minimum Gasteiger partial charge on any atom is -0.312 e. The van der Waals surface area contributed by atoms with Crippen molar-refractivity contribution in [1.82, 2.24) is 5.32 Å². The van der Waals surface area contributed by atoms with E-state index in [-0.39, 0.29) is 0 Å². The average Bonchev–Trinajstić information content (AvgIpc) is 2.71. The lowest BCUT2D eigenvalue weighted by Crippen LogP contribution is -2.38. The Morgan fingerprint density at radius 3 is 2.33 bits per heavy atom. The summed E-state index contributed by atoms with van der Waals surface area (Å²) in [4.78, 5) is 0. The average molecular weight is 253 g/mol. The Kier molecular flexibility index (Phi) is 6.70. The summed E-state index contributed by atoms with van der Waals surface area (Å²) in [5, 5.41) is 3.78. The lowest BCUT2D eigenvalue weighted by molar-refractivity contribution is 0.271. The zero-order chi connectivity index (χ0) is 13.7. The second-order valence-electron chi connectivity index (χ2n) is 6.90. The van der Waals surface area contributed by atoms with Crippen molar-refractivity contribution in [2.24, 2.45) is 23.7 Å². The fourth-order valence-corrected chi connectivity index (χ4v) is 3.90. The van der Waals surface area contributed by atoms with Gasteiger partial charge in [-0.2, -0.15) is 0 Å². The van der Waals surface area contributed by atoms with Crippen LogP contribution in [0.2, 0.25) is 0 Å². The zero-order valence-electron chi connectivity index (χ0n) is 13.5. The monoisotopic (exact) mass is 253 g/mol. The van der Waals surface area contributed by atoms with Gasteiger partial charge in [-0.3, -0.25) is 0 Å². The molecule has 1 N–H and O–H groups in total. The fourth-order valence-electron chi connectivity index (χ4n) is 3.90. The van der Waals surface area contributed by atoms with Crippen LogP contribution < -0.4 is 5.32 Å². The Balaban J connectivity index is 2.47. The summed E-state index contributed by atoms with van der Waals surface area (Å²) in [6, 6.07) is 1.36. The van der Waals surface area contributed by atoms with Crippen molar-refractivity contribution in [1.29, 1.82) is 0 Å². The van der Waals surface area contributed by atoms with Gasteiger partial charge in [-0.1, -0.05) is 40.5 Å². The van der Waals surface area contributed by atoms with Crippen molar-refractivity contribution in [3.05, 3.63) is 0 Å². The van der Waals surface area contributed by atoms with E-state index >= 15 is 0 Å². The highest BCUT2D eigenvalue weighted by molar-refractivity contribution is 4.89. The topological polar surface area (TPSA) is 12.0 Å². The largest absolute Gasteiger partial charge is 0.312 e. The molecule has 1 fully saturated rings. The van der Waals surface area contributed by atoms with Gasteiger partial charge in [-0.05, 0) is 56.8 Å². The molecule has 0 saturated heterocycles. The van der Waals surface area contributed by atoms with E-state index in [9.17, 15) is 0 Å². The molecule has 0 aromatic heterocycles. The maximum Gasteiger partial charge on any atom is 0.00696 e. The Morgan fingerprint density at radius 1 is 1.11 bits per heavy atom. The van der Waals surface area contributed by atoms with Gasteiger partial charge >= 0.3 is 0 Å². The number of rotatable bonds is 7. The van der Waals surface area contributed by atoms with E-state index in [2.05, 4.69) is 46.9 Å². The summed E-state index contributed by atoms with van der Waals surface area (Å²) in [6.07, 6.45) is 6.88. The summed E-state index contributed by atoms with van der Waals surface area (Å²) in [7, 11) is 0. The molecular formula is C17H35N. The van der Waals surface area contributed by atoms with E-state index in [1.807, 2.05) is 0 Å². The quantitative estimate of drug-likeness (QED) is 0.683. The molecular weight excluding hydrogens is 218 g/mol. The third-order valence-electron chi connectivity index (χ3n) is 5.32. The van der Waals surface area contributed by atoms with Crippen molar-refractivity contribution in [2.75, 3.05) is 0 Å². The van der Waals surface area contributed by atoms with Crippen LogP contribution in [0.4, 0.5) is 0 Å². The molecule has 1 aliphatic rings. The standard InChI is InChI=1S/C17H35N/c1-7-9-12(3)17-11-16(10-13(17)4)15(6)18-14(5)8-2/h12-18H,7-11H2,1-6H3. The Labute approximate surface area is 115 Å². The first kappa shape index (κ1) is 16.0. The molecule has 1 nitrogen and oxygen atoms in total.